The molecule has 1 atom stereocenters. The molecule has 1 amide bonds. The van der Waals surface area contributed by atoms with Crippen molar-refractivity contribution in [1.82, 2.24) is 5.32 Å². The lowest BCUT2D eigenvalue weighted by molar-refractivity contribution is -0.116. The van der Waals surface area contributed by atoms with Gasteiger partial charge in [0.05, 0.1) is 0 Å². The van der Waals surface area contributed by atoms with Gasteiger partial charge in [-0.25, -0.2) is 0 Å². The molecule has 1 aliphatic rings. The molecular formula is C16H24N2O. The molecule has 3 heteroatoms. The molecule has 0 fully saturated rings. The summed E-state index contributed by atoms with van der Waals surface area (Å²) in [5.74, 6) is 0.134. The van der Waals surface area contributed by atoms with Crippen molar-refractivity contribution >= 4 is 11.6 Å². The van der Waals surface area contributed by atoms with Gasteiger partial charge in [0.25, 0.3) is 0 Å². The van der Waals surface area contributed by atoms with Gasteiger partial charge >= 0.3 is 0 Å². The molecule has 0 saturated heterocycles. The van der Waals surface area contributed by atoms with Crippen LogP contribution in [0.5, 0.6) is 0 Å². The zero-order valence-electron chi connectivity index (χ0n) is 12.0. The molecule has 1 aliphatic heterocycles. The van der Waals surface area contributed by atoms with Crippen LogP contribution in [0.2, 0.25) is 0 Å². The summed E-state index contributed by atoms with van der Waals surface area (Å²) in [6.45, 7) is 5.37. The highest BCUT2D eigenvalue weighted by molar-refractivity contribution is 5.93. The van der Waals surface area contributed by atoms with E-state index in [1.165, 1.54) is 30.4 Å². The maximum Gasteiger partial charge on any atom is 0.224 e. The van der Waals surface area contributed by atoms with Crippen LogP contribution in [0.1, 0.15) is 56.7 Å². The summed E-state index contributed by atoms with van der Waals surface area (Å²) in [5, 5.41) is 6.50. The van der Waals surface area contributed by atoms with Crippen LogP contribution in [0, 0.1) is 0 Å². The first kappa shape index (κ1) is 14.1. The number of nitrogens with one attached hydrogen (secondary N) is 2. The lowest BCUT2D eigenvalue weighted by atomic mass is 9.95. The molecule has 0 aromatic heterocycles. The topological polar surface area (TPSA) is 41.1 Å². The van der Waals surface area contributed by atoms with E-state index < -0.39 is 0 Å². The average molecular weight is 260 g/mol. The molecule has 0 spiro atoms. The Balaban J connectivity index is 2.16. The molecule has 3 nitrogen and oxygen atoms in total. The van der Waals surface area contributed by atoms with Crippen molar-refractivity contribution in [3.8, 4) is 0 Å². The SMILES string of the molecule is CCCCC(NCC)c1ccc2c(c1)CCC(=O)N2. The third kappa shape index (κ3) is 3.57. The minimum Gasteiger partial charge on any atom is -0.326 e. The van der Waals surface area contributed by atoms with Gasteiger partial charge in [-0.15, -0.1) is 0 Å². The highest BCUT2D eigenvalue weighted by atomic mass is 16.1. The number of aryl methyl sites for hydroxylation is 1. The monoisotopic (exact) mass is 260 g/mol. The van der Waals surface area contributed by atoms with Gasteiger partial charge in [0.15, 0.2) is 0 Å². The zero-order chi connectivity index (χ0) is 13.7. The number of unbranched alkanes of at least 4 members (excludes halogenated alkanes) is 1. The minimum atomic E-state index is 0.134. The normalized spacial score (nSPS) is 15.8. The Hall–Kier alpha value is -1.35. The van der Waals surface area contributed by atoms with Crippen molar-refractivity contribution in [2.24, 2.45) is 0 Å². The van der Waals surface area contributed by atoms with Crippen LogP contribution >= 0.6 is 0 Å². The number of benzene rings is 1. The smallest absolute Gasteiger partial charge is 0.224 e. The molecular weight excluding hydrogens is 236 g/mol. The van der Waals surface area contributed by atoms with Crippen molar-refractivity contribution in [2.75, 3.05) is 11.9 Å². The molecule has 19 heavy (non-hydrogen) atoms. The molecule has 1 heterocycles. The van der Waals surface area contributed by atoms with E-state index in [1.807, 2.05) is 0 Å². The van der Waals surface area contributed by atoms with Crippen LogP contribution in [0.4, 0.5) is 5.69 Å². The number of anilines is 1. The highest BCUT2D eigenvalue weighted by Gasteiger charge is 2.17. The van der Waals surface area contributed by atoms with Gasteiger partial charge < -0.3 is 10.6 Å². The predicted molar refractivity (Wildman–Crippen MR) is 79.3 cm³/mol. The Bertz CT molecular complexity index is 442. The van der Waals surface area contributed by atoms with Crippen molar-refractivity contribution in [1.29, 1.82) is 0 Å². The summed E-state index contributed by atoms with van der Waals surface area (Å²) in [6, 6.07) is 6.90. The third-order valence-corrected chi connectivity index (χ3v) is 3.72. The summed E-state index contributed by atoms with van der Waals surface area (Å²) < 4.78 is 0. The number of hydrogen-bond acceptors (Lipinski definition) is 2. The Morgan fingerprint density at radius 3 is 2.89 bits per heavy atom. The molecule has 1 aromatic carbocycles. The van der Waals surface area contributed by atoms with Crippen LogP contribution in [-0.4, -0.2) is 12.5 Å². The Morgan fingerprint density at radius 1 is 1.32 bits per heavy atom. The van der Waals surface area contributed by atoms with Gasteiger partial charge in [-0.05, 0) is 36.6 Å². The molecule has 0 aliphatic carbocycles. The van der Waals surface area contributed by atoms with Gasteiger partial charge in [-0.1, -0.05) is 38.8 Å². The number of amides is 1. The van der Waals surface area contributed by atoms with Crippen LogP contribution in [0.25, 0.3) is 0 Å². The summed E-state index contributed by atoms with van der Waals surface area (Å²) in [5.41, 5.74) is 3.62. The Morgan fingerprint density at radius 2 is 2.16 bits per heavy atom. The molecule has 104 valence electrons. The first-order valence-electron chi connectivity index (χ1n) is 7.40. The second-order valence-corrected chi connectivity index (χ2v) is 5.22. The van der Waals surface area contributed by atoms with Crippen molar-refractivity contribution in [3.63, 3.8) is 0 Å². The first-order chi connectivity index (χ1) is 9.24. The lowest BCUT2D eigenvalue weighted by Crippen LogP contribution is -2.22. The molecule has 0 bridgehead atoms. The van der Waals surface area contributed by atoms with E-state index >= 15 is 0 Å². The fraction of sp³-hybridized carbons (Fsp3) is 0.562. The number of carbonyl (C=O) groups excluding carboxylic acids is 1. The third-order valence-electron chi connectivity index (χ3n) is 3.72. The summed E-state index contributed by atoms with van der Waals surface area (Å²) >= 11 is 0. The molecule has 0 radical (unpaired) electrons. The average Bonchev–Trinajstić information content (AvgIpc) is 2.43. The van der Waals surface area contributed by atoms with Gasteiger partial charge in [0.2, 0.25) is 5.91 Å². The quantitative estimate of drug-likeness (QED) is 0.823. The molecule has 2 rings (SSSR count). The minimum absolute atomic E-state index is 0.134. The maximum atomic E-state index is 11.4. The second-order valence-electron chi connectivity index (χ2n) is 5.22. The Kier molecular flexibility index (Phi) is 4.97. The number of hydrogen-bond donors (Lipinski definition) is 2. The van der Waals surface area contributed by atoms with Crippen LogP contribution in [0.3, 0.4) is 0 Å². The second kappa shape index (κ2) is 6.71. The number of fused-ring (bicyclic) bond motifs is 1. The fourth-order valence-electron chi connectivity index (χ4n) is 2.66. The van der Waals surface area contributed by atoms with E-state index in [0.717, 1.165) is 18.7 Å². The number of carbonyl (C=O) groups is 1. The summed E-state index contributed by atoms with van der Waals surface area (Å²) in [4.78, 5) is 11.4. The summed E-state index contributed by atoms with van der Waals surface area (Å²) in [6.07, 6.45) is 5.11. The number of rotatable bonds is 6. The molecule has 1 unspecified atom stereocenters. The zero-order valence-corrected chi connectivity index (χ0v) is 12.0. The van der Waals surface area contributed by atoms with E-state index in [9.17, 15) is 4.79 Å². The van der Waals surface area contributed by atoms with E-state index in [0.29, 0.717) is 12.5 Å². The fourth-order valence-corrected chi connectivity index (χ4v) is 2.66. The standard InChI is InChI=1S/C16H24N2O/c1-3-5-6-14(17-4-2)12-7-9-15-13(11-12)8-10-16(19)18-15/h7,9,11,14,17H,3-6,8,10H2,1-2H3,(H,18,19). The summed E-state index contributed by atoms with van der Waals surface area (Å²) in [7, 11) is 0. The van der Waals surface area contributed by atoms with Crippen LogP contribution in [0.15, 0.2) is 18.2 Å². The largest absolute Gasteiger partial charge is 0.326 e. The van der Waals surface area contributed by atoms with Gasteiger partial charge in [0.1, 0.15) is 0 Å². The Labute approximate surface area is 115 Å². The molecule has 0 saturated carbocycles. The maximum absolute atomic E-state index is 11.4. The van der Waals surface area contributed by atoms with Gasteiger partial charge in [-0.3, -0.25) is 4.79 Å². The van der Waals surface area contributed by atoms with E-state index in [2.05, 4.69) is 42.7 Å². The van der Waals surface area contributed by atoms with Crippen LogP contribution < -0.4 is 10.6 Å². The van der Waals surface area contributed by atoms with Crippen LogP contribution in [-0.2, 0) is 11.2 Å². The highest BCUT2D eigenvalue weighted by Crippen LogP contribution is 2.28. The first-order valence-corrected chi connectivity index (χ1v) is 7.40. The van der Waals surface area contributed by atoms with E-state index in [-0.39, 0.29) is 5.91 Å². The van der Waals surface area contributed by atoms with E-state index in [4.69, 9.17) is 0 Å². The van der Waals surface area contributed by atoms with Crippen molar-refractivity contribution in [3.05, 3.63) is 29.3 Å². The molecule has 2 N–H and O–H groups in total. The van der Waals surface area contributed by atoms with Crippen molar-refractivity contribution in [2.45, 2.75) is 52.0 Å². The predicted octanol–water partition coefficient (Wildman–Crippen LogP) is 3.41. The van der Waals surface area contributed by atoms with Gasteiger partial charge in [0, 0.05) is 18.2 Å². The van der Waals surface area contributed by atoms with Crippen molar-refractivity contribution < 1.29 is 4.79 Å². The van der Waals surface area contributed by atoms with E-state index in [1.54, 1.807) is 0 Å². The van der Waals surface area contributed by atoms with Gasteiger partial charge in [-0.2, -0.15) is 0 Å². The molecule has 1 aromatic rings. The lowest BCUT2D eigenvalue weighted by Gasteiger charge is -2.22.